The lowest BCUT2D eigenvalue weighted by atomic mass is 9.98. The molecule has 0 radical (unpaired) electrons. The van der Waals surface area contributed by atoms with Gasteiger partial charge in [0.1, 0.15) is 11.9 Å². The molecule has 1 saturated heterocycles. The van der Waals surface area contributed by atoms with Gasteiger partial charge in [0.15, 0.2) is 0 Å². The molecule has 1 aliphatic rings. The van der Waals surface area contributed by atoms with Crippen LogP contribution in [0.25, 0.3) is 0 Å². The van der Waals surface area contributed by atoms with Gasteiger partial charge < -0.3 is 9.73 Å². The molecule has 0 saturated carbocycles. The minimum atomic E-state index is -0.818. The lowest BCUT2D eigenvalue weighted by Gasteiger charge is -2.26. The summed E-state index contributed by atoms with van der Waals surface area (Å²) < 4.78 is 18.9. The molecule has 0 spiro atoms. The highest BCUT2D eigenvalue weighted by Gasteiger charge is 2.23. The van der Waals surface area contributed by atoms with Crippen LogP contribution in [0.5, 0.6) is 0 Å². The van der Waals surface area contributed by atoms with Gasteiger partial charge in [-0.2, -0.15) is 0 Å². The Hall–Kier alpha value is -0.830. The molecule has 2 rings (SSSR count). The average molecular weight is 197 g/mol. The Morgan fingerprint density at radius 3 is 3.14 bits per heavy atom. The molecule has 0 bridgehead atoms. The third kappa shape index (κ3) is 2.35. The number of nitrogens with one attached hydrogen (secondary N) is 1. The fraction of sp³-hybridized carbons (Fsp3) is 0.636. The van der Waals surface area contributed by atoms with E-state index in [1.807, 2.05) is 6.07 Å². The summed E-state index contributed by atoms with van der Waals surface area (Å²) in [6.45, 7) is 0.948. The molecule has 1 aromatic rings. The number of alkyl halides is 1. The minimum Gasteiger partial charge on any atom is -0.469 e. The van der Waals surface area contributed by atoms with Crippen LogP contribution in [0.3, 0.4) is 0 Å². The van der Waals surface area contributed by atoms with Crippen molar-refractivity contribution in [1.82, 2.24) is 5.32 Å². The molecule has 1 N–H and O–H groups in total. The molecule has 1 aliphatic heterocycles. The summed E-state index contributed by atoms with van der Waals surface area (Å²) in [6.07, 6.45) is 4.42. The van der Waals surface area contributed by atoms with Crippen molar-refractivity contribution in [3.63, 3.8) is 0 Å². The smallest absolute Gasteiger partial charge is 0.122 e. The van der Waals surface area contributed by atoms with Crippen molar-refractivity contribution in [2.24, 2.45) is 0 Å². The van der Waals surface area contributed by atoms with Crippen molar-refractivity contribution in [2.45, 2.75) is 37.9 Å². The SMILES string of the molecule is FC(Cc1ccco1)C1CCCCN1. The Labute approximate surface area is 83.5 Å². The summed E-state index contributed by atoms with van der Waals surface area (Å²) >= 11 is 0. The number of furan rings is 1. The van der Waals surface area contributed by atoms with Gasteiger partial charge in [0.05, 0.1) is 6.26 Å². The molecular formula is C11H16FNO. The Morgan fingerprint density at radius 1 is 1.57 bits per heavy atom. The number of hydrogen-bond donors (Lipinski definition) is 1. The fourth-order valence-electron chi connectivity index (χ4n) is 1.95. The minimum absolute atomic E-state index is 0.0221. The summed E-state index contributed by atoms with van der Waals surface area (Å²) in [6, 6.07) is 3.65. The van der Waals surface area contributed by atoms with Crippen molar-refractivity contribution in [3.05, 3.63) is 24.2 Å². The predicted molar refractivity (Wildman–Crippen MR) is 52.9 cm³/mol. The van der Waals surface area contributed by atoms with Gasteiger partial charge in [-0.05, 0) is 31.5 Å². The molecule has 3 heteroatoms. The van der Waals surface area contributed by atoms with Crippen LogP contribution < -0.4 is 5.32 Å². The van der Waals surface area contributed by atoms with E-state index in [1.165, 1.54) is 6.42 Å². The van der Waals surface area contributed by atoms with E-state index >= 15 is 0 Å². The number of hydrogen-bond acceptors (Lipinski definition) is 2. The van der Waals surface area contributed by atoms with E-state index < -0.39 is 6.17 Å². The fourth-order valence-corrected chi connectivity index (χ4v) is 1.95. The highest BCUT2D eigenvalue weighted by molar-refractivity contribution is 5.01. The van der Waals surface area contributed by atoms with Crippen LogP contribution in [-0.2, 0) is 6.42 Å². The van der Waals surface area contributed by atoms with Gasteiger partial charge in [0, 0.05) is 12.5 Å². The first-order chi connectivity index (χ1) is 6.86. The summed E-state index contributed by atoms with van der Waals surface area (Å²) in [5.41, 5.74) is 0. The van der Waals surface area contributed by atoms with Gasteiger partial charge >= 0.3 is 0 Å². The van der Waals surface area contributed by atoms with Gasteiger partial charge in [-0.3, -0.25) is 0 Å². The first-order valence-electron chi connectivity index (χ1n) is 5.26. The summed E-state index contributed by atoms with van der Waals surface area (Å²) in [7, 11) is 0. The number of rotatable bonds is 3. The lowest BCUT2D eigenvalue weighted by molar-refractivity contribution is 0.208. The second kappa shape index (κ2) is 4.60. The number of piperidine rings is 1. The first-order valence-corrected chi connectivity index (χ1v) is 5.26. The predicted octanol–water partition coefficient (Wildman–Crippen LogP) is 2.30. The molecule has 0 aliphatic carbocycles. The molecule has 2 unspecified atom stereocenters. The van der Waals surface area contributed by atoms with Gasteiger partial charge in [-0.25, -0.2) is 4.39 Å². The molecule has 1 aromatic heterocycles. The Bertz CT molecular complexity index is 254. The number of halogens is 1. The van der Waals surface area contributed by atoms with Crippen LogP contribution in [0.15, 0.2) is 22.8 Å². The molecule has 14 heavy (non-hydrogen) atoms. The normalized spacial score (nSPS) is 24.8. The van der Waals surface area contributed by atoms with Crippen LogP contribution in [0, 0.1) is 0 Å². The van der Waals surface area contributed by atoms with E-state index in [1.54, 1.807) is 12.3 Å². The van der Waals surface area contributed by atoms with E-state index in [0.29, 0.717) is 6.42 Å². The van der Waals surface area contributed by atoms with Gasteiger partial charge in [-0.1, -0.05) is 6.42 Å². The topological polar surface area (TPSA) is 25.2 Å². The van der Waals surface area contributed by atoms with E-state index in [2.05, 4.69) is 5.32 Å². The second-order valence-corrected chi connectivity index (χ2v) is 3.86. The Morgan fingerprint density at radius 2 is 2.50 bits per heavy atom. The second-order valence-electron chi connectivity index (χ2n) is 3.86. The van der Waals surface area contributed by atoms with Crippen molar-refractivity contribution in [3.8, 4) is 0 Å². The van der Waals surface area contributed by atoms with E-state index in [-0.39, 0.29) is 6.04 Å². The highest BCUT2D eigenvalue weighted by Crippen LogP contribution is 2.16. The lowest BCUT2D eigenvalue weighted by Crippen LogP contribution is -2.42. The van der Waals surface area contributed by atoms with Crippen LogP contribution in [0.4, 0.5) is 4.39 Å². The van der Waals surface area contributed by atoms with Crippen molar-refractivity contribution in [2.75, 3.05) is 6.54 Å². The summed E-state index contributed by atoms with van der Waals surface area (Å²) in [5.74, 6) is 0.741. The zero-order chi connectivity index (χ0) is 9.80. The van der Waals surface area contributed by atoms with Crippen molar-refractivity contribution < 1.29 is 8.81 Å². The van der Waals surface area contributed by atoms with Crippen LogP contribution in [0.2, 0.25) is 0 Å². The summed E-state index contributed by atoms with van der Waals surface area (Å²) in [4.78, 5) is 0. The molecular weight excluding hydrogens is 181 g/mol. The standard InChI is InChI=1S/C11H16FNO/c12-10(8-9-4-3-7-14-9)11-5-1-2-6-13-11/h3-4,7,10-11,13H,1-2,5-6,8H2. The first kappa shape index (κ1) is 9.71. The third-order valence-electron chi connectivity index (χ3n) is 2.76. The Kier molecular flexibility index (Phi) is 3.19. The molecule has 1 fully saturated rings. The molecule has 2 heterocycles. The maximum absolute atomic E-state index is 13.7. The zero-order valence-electron chi connectivity index (χ0n) is 8.21. The molecule has 2 nitrogen and oxygen atoms in total. The van der Waals surface area contributed by atoms with Crippen LogP contribution >= 0.6 is 0 Å². The van der Waals surface area contributed by atoms with Gasteiger partial charge in [-0.15, -0.1) is 0 Å². The van der Waals surface area contributed by atoms with E-state index in [4.69, 9.17) is 4.42 Å². The zero-order valence-corrected chi connectivity index (χ0v) is 8.21. The van der Waals surface area contributed by atoms with Gasteiger partial charge in [0.25, 0.3) is 0 Å². The average Bonchev–Trinajstić information content (AvgIpc) is 2.72. The van der Waals surface area contributed by atoms with Crippen LogP contribution in [-0.4, -0.2) is 18.8 Å². The van der Waals surface area contributed by atoms with Crippen molar-refractivity contribution in [1.29, 1.82) is 0 Å². The van der Waals surface area contributed by atoms with Crippen molar-refractivity contribution >= 4 is 0 Å². The van der Waals surface area contributed by atoms with Crippen LogP contribution in [0.1, 0.15) is 25.0 Å². The quantitative estimate of drug-likeness (QED) is 0.804. The van der Waals surface area contributed by atoms with E-state index in [9.17, 15) is 4.39 Å². The molecule has 78 valence electrons. The highest BCUT2D eigenvalue weighted by atomic mass is 19.1. The van der Waals surface area contributed by atoms with E-state index in [0.717, 1.165) is 25.1 Å². The van der Waals surface area contributed by atoms with Gasteiger partial charge in [0.2, 0.25) is 0 Å². The molecule has 0 aromatic carbocycles. The largest absolute Gasteiger partial charge is 0.469 e. The monoisotopic (exact) mass is 197 g/mol. The molecule has 2 atom stereocenters. The third-order valence-corrected chi connectivity index (χ3v) is 2.76. The Balaban J connectivity index is 1.85. The maximum Gasteiger partial charge on any atom is 0.122 e. The summed E-state index contributed by atoms with van der Waals surface area (Å²) in [5, 5.41) is 3.21. The maximum atomic E-state index is 13.7. The molecule has 0 amide bonds.